The average Bonchev–Trinajstić information content (AvgIpc) is 2.95. The summed E-state index contributed by atoms with van der Waals surface area (Å²) in [4.78, 5) is 6.85. The van der Waals surface area contributed by atoms with Crippen LogP contribution < -0.4 is 5.73 Å². The lowest BCUT2D eigenvalue weighted by molar-refractivity contribution is 0.321. The Bertz CT molecular complexity index is 490. The van der Waals surface area contributed by atoms with Crippen molar-refractivity contribution < 1.29 is 0 Å². The van der Waals surface area contributed by atoms with E-state index in [9.17, 15) is 0 Å². The van der Waals surface area contributed by atoms with E-state index >= 15 is 0 Å². The minimum atomic E-state index is 0.737. The molecule has 0 saturated heterocycles. The van der Waals surface area contributed by atoms with E-state index in [2.05, 4.69) is 27.4 Å². The molecule has 0 bridgehead atoms. The third-order valence-electron chi connectivity index (χ3n) is 2.66. The van der Waals surface area contributed by atoms with E-state index < -0.39 is 0 Å². The first kappa shape index (κ1) is 13.2. The van der Waals surface area contributed by atoms with Crippen LogP contribution in [0.25, 0.3) is 10.7 Å². The van der Waals surface area contributed by atoms with Gasteiger partial charge in [0, 0.05) is 25.2 Å². The number of hydrogen-bond acceptors (Lipinski definition) is 5. The predicted molar refractivity (Wildman–Crippen MR) is 74.3 cm³/mol. The van der Waals surface area contributed by atoms with Crippen LogP contribution in [0.15, 0.2) is 17.6 Å². The lowest BCUT2D eigenvalue weighted by Crippen LogP contribution is -2.21. The van der Waals surface area contributed by atoms with Crippen LogP contribution in [0, 0.1) is 0 Å². The lowest BCUT2D eigenvalue weighted by atomic mass is 10.3. The van der Waals surface area contributed by atoms with Gasteiger partial charge in [-0.25, -0.2) is 4.98 Å². The fourth-order valence-corrected chi connectivity index (χ4v) is 2.52. The molecule has 2 heterocycles. The van der Waals surface area contributed by atoms with Crippen LogP contribution in [-0.2, 0) is 13.6 Å². The highest BCUT2D eigenvalue weighted by Gasteiger charge is 2.08. The molecule has 0 aliphatic carbocycles. The maximum absolute atomic E-state index is 5.50. The molecular formula is C12H19N5S. The Hall–Kier alpha value is -1.24. The molecule has 6 heteroatoms. The van der Waals surface area contributed by atoms with E-state index in [1.165, 1.54) is 0 Å². The number of nitrogens with two attached hydrogens (primary N) is 1. The van der Waals surface area contributed by atoms with Crippen molar-refractivity contribution in [2.45, 2.75) is 13.0 Å². The van der Waals surface area contributed by atoms with E-state index in [4.69, 9.17) is 5.73 Å². The van der Waals surface area contributed by atoms with Gasteiger partial charge in [0.2, 0.25) is 0 Å². The first-order valence-electron chi connectivity index (χ1n) is 6.02. The maximum Gasteiger partial charge on any atom is 0.144 e. The minimum Gasteiger partial charge on any atom is -0.330 e. The molecule has 0 aliphatic heterocycles. The second-order valence-corrected chi connectivity index (χ2v) is 5.26. The topological polar surface area (TPSA) is 60.0 Å². The van der Waals surface area contributed by atoms with Crippen molar-refractivity contribution in [3.05, 3.63) is 23.3 Å². The van der Waals surface area contributed by atoms with Gasteiger partial charge in [-0.2, -0.15) is 5.10 Å². The molecule has 5 nitrogen and oxygen atoms in total. The van der Waals surface area contributed by atoms with Gasteiger partial charge in [-0.15, -0.1) is 11.3 Å². The van der Waals surface area contributed by atoms with Crippen molar-refractivity contribution in [3.63, 3.8) is 0 Å². The highest BCUT2D eigenvalue weighted by atomic mass is 32.1. The first-order chi connectivity index (χ1) is 8.69. The van der Waals surface area contributed by atoms with Crippen LogP contribution in [0.4, 0.5) is 0 Å². The maximum atomic E-state index is 5.50. The van der Waals surface area contributed by atoms with Gasteiger partial charge in [0.05, 0.1) is 5.69 Å². The van der Waals surface area contributed by atoms with E-state index in [0.717, 1.165) is 42.5 Å². The SMILES string of the molecule is CN(CCCN)Cc1csc(-c2ccn(C)n2)n1. The molecule has 18 heavy (non-hydrogen) atoms. The van der Waals surface area contributed by atoms with Gasteiger partial charge in [0.15, 0.2) is 0 Å². The second-order valence-electron chi connectivity index (χ2n) is 4.40. The molecule has 0 spiro atoms. The van der Waals surface area contributed by atoms with Crippen LogP contribution in [-0.4, -0.2) is 39.8 Å². The molecule has 98 valence electrons. The first-order valence-corrected chi connectivity index (χ1v) is 6.90. The van der Waals surface area contributed by atoms with Gasteiger partial charge < -0.3 is 10.6 Å². The van der Waals surface area contributed by atoms with Gasteiger partial charge in [-0.1, -0.05) is 0 Å². The normalized spacial score (nSPS) is 11.3. The Kier molecular flexibility index (Phi) is 4.46. The Morgan fingerprint density at radius 3 is 3.00 bits per heavy atom. The summed E-state index contributed by atoms with van der Waals surface area (Å²) in [6, 6.07) is 1.99. The van der Waals surface area contributed by atoms with Gasteiger partial charge in [0.25, 0.3) is 0 Å². The molecule has 0 radical (unpaired) electrons. The number of aromatic nitrogens is 3. The van der Waals surface area contributed by atoms with Crippen molar-refractivity contribution in [2.75, 3.05) is 20.1 Å². The molecule has 2 N–H and O–H groups in total. The summed E-state index contributed by atoms with van der Waals surface area (Å²) in [5.74, 6) is 0. The minimum absolute atomic E-state index is 0.737. The van der Waals surface area contributed by atoms with E-state index in [-0.39, 0.29) is 0 Å². The molecule has 0 atom stereocenters. The molecule has 0 amide bonds. The molecule has 0 aliphatic rings. The van der Waals surface area contributed by atoms with Crippen LogP contribution in [0.3, 0.4) is 0 Å². The van der Waals surface area contributed by atoms with Gasteiger partial charge in [0.1, 0.15) is 10.7 Å². The lowest BCUT2D eigenvalue weighted by Gasteiger charge is -2.13. The van der Waals surface area contributed by atoms with E-state index in [0.29, 0.717) is 0 Å². The Labute approximate surface area is 111 Å². The summed E-state index contributed by atoms with van der Waals surface area (Å²) in [5.41, 5.74) is 7.54. The van der Waals surface area contributed by atoms with Crippen LogP contribution >= 0.6 is 11.3 Å². The largest absolute Gasteiger partial charge is 0.330 e. The third kappa shape index (κ3) is 3.38. The number of aryl methyl sites for hydroxylation is 1. The molecular weight excluding hydrogens is 246 g/mol. The molecule has 0 unspecified atom stereocenters. The Morgan fingerprint density at radius 1 is 1.50 bits per heavy atom. The van der Waals surface area contributed by atoms with Crippen molar-refractivity contribution in [1.82, 2.24) is 19.7 Å². The van der Waals surface area contributed by atoms with Crippen molar-refractivity contribution in [1.29, 1.82) is 0 Å². The standard InChI is InChI=1S/C12H19N5S/c1-16(6-3-5-13)8-10-9-18-12(14-10)11-4-7-17(2)15-11/h4,7,9H,3,5-6,8,13H2,1-2H3. The zero-order valence-corrected chi connectivity index (χ0v) is 11.7. The second kappa shape index (κ2) is 6.08. The number of nitrogens with zero attached hydrogens (tertiary/aromatic N) is 4. The summed E-state index contributed by atoms with van der Waals surface area (Å²) in [6.07, 6.45) is 2.96. The predicted octanol–water partition coefficient (Wildman–Crippen LogP) is 1.32. The average molecular weight is 265 g/mol. The summed E-state index contributed by atoms with van der Waals surface area (Å²) >= 11 is 1.64. The summed E-state index contributed by atoms with van der Waals surface area (Å²) in [7, 11) is 4.01. The quantitative estimate of drug-likeness (QED) is 0.856. The third-order valence-corrected chi connectivity index (χ3v) is 3.57. The monoisotopic (exact) mass is 265 g/mol. The van der Waals surface area contributed by atoms with Crippen molar-refractivity contribution >= 4 is 11.3 Å². The molecule has 2 rings (SSSR count). The van der Waals surface area contributed by atoms with E-state index in [1.807, 2.05) is 19.3 Å². The number of hydrogen-bond donors (Lipinski definition) is 1. The Morgan fingerprint density at radius 2 is 2.33 bits per heavy atom. The van der Waals surface area contributed by atoms with Crippen molar-refractivity contribution in [3.8, 4) is 10.7 Å². The Balaban J connectivity index is 1.98. The van der Waals surface area contributed by atoms with Gasteiger partial charge in [-0.05, 0) is 32.6 Å². The zero-order chi connectivity index (χ0) is 13.0. The van der Waals surface area contributed by atoms with Gasteiger partial charge in [-0.3, -0.25) is 4.68 Å². The summed E-state index contributed by atoms with van der Waals surface area (Å²) in [6.45, 7) is 2.61. The van der Waals surface area contributed by atoms with Crippen LogP contribution in [0.5, 0.6) is 0 Å². The smallest absolute Gasteiger partial charge is 0.144 e. The molecule has 0 saturated carbocycles. The summed E-state index contributed by atoms with van der Waals surface area (Å²) in [5, 5.41) is 7.44. The van der Waals surface area contributed by atoms with Crippen molar-refractivity contribution in [2.24, 2.45) is 12.8 Å². The van der Waals surface area contributed by atoms with Crippen LogP contribution in [0.2, 0.25) is 0 Å². The number of rotatable bonds is 6. The zero-order valence-electron chi connectivity index (χ0n) is 10.8. The fraction of sp³-hybridized carbons (Fsp3) is 0.500. The molecule has 2 aromatic rings. The number of thiazole rings is 1. The van der Waals surface area contributed by atoms with Gasteiger partial charge >= 0.3 is 0 Å². The fourth-order valence-electron chi connectivity index (χ4n) is 1.74. The molecule has 0 aromatic carbocycles. The molecule has 2 aromatic heterocycles. The highest BCUT2D eigenvalue weighted by Crippen LogP contribution is 2.22. The van der Waals surface area contributed by atoms with Crippen LogP contribution in [0.1, 0.15) is 12.1 Å². The van der Waals surface area contributed by atoms with E-state index in [1.54, 1.807) is 16.0 Å². The molecule has 0 fully saturated rings. The summed E-state index contributed by atoms with van der Waals surface area (Å²) < 4.78 is 1.80. The highest BCUT2D eigenvalue weighted by molar-refractivity contribution is 7.13.